The lowest BCUT2D eigenvalue weighted by Gasteiger charge is -1.86. The van der Waals surface area contributed by atoms with Crippen molar-refractivity contribution in [3.05, 3.63) is 12.2 Å². The van der Waals surface area contributed by atoms with Gasteiger partial charge in [0, 0.05) is 0 Å². The molecule has 0 heteroatoms. The molecule has 0 spiro atoms. The predicted octanol–water partition coefficient (Wildman–Crippen LogP) is 7.54. The van der Waals surface area contributed by atoms with Crippen LogP contribution in [-0.4, -0.2) is 0 Å². The van der Waals surface area contributed by atoms with E-state index in [1.807, 2.05) is 0 Å². The lowest BCUT2D eigenvalue weighted by Crippen LogP contribution is -1.66. The van der Waals surface area contributed by atoms with Gasteiger partial charge in [0.05, 0.1) is 0 Å². The summed E-state index contributed by atoms with van der Waals surface area (Å²) in [5.41, 5.74) is 0. The summed E-state index contributed by atoms with van der Waals surface area (Å²) in [4.78, 5) is 0. The van der Waals surface area contributed by atoms with Crippen LogP contribution in [0.2, 0.25) is 0 Å². The fourth-order valence-corrected chi connectivity index (χ4v) is 1.33. The molecule has 0 radical (unpaired) electrons. The van der Waals surface area contributed by atoms with Gasteiger partial charge in [-0.3, -0.25) is 0 Å². The normalized spacial score (nSPS) is 9.44. The molecule has 0 atom stereocenters. The standard InChI is InChI=1S/2C6H14.C6H12/c3*1-3-5-6-4-2/h2*3-6H2,1-2H3;3,5H,4,6H2,1-2H3/b;;5-3-. The van der Waals surface area contributed by atoms with Crippen molar-refractivity contribution in [3.8, 4) is 0 Å². The van der Waals surface area contributed by atoms with Crippen molar-refractivity contribution in [2.45, 2.75) is 106 Å². The molecule has 0 N–H and O–H groups in total. The molecule has 0 aromatic rings. The van der Waals surface area contributed by atoms with Crippen molar-refractivity contribution in [1.29, 1.82) is 0 Å². The van der Waals surface area contributed by atoms with E-state index in [2.05, 4.69) is 53.7 Å². The van der Waals surface area contributed by atoms with E-state index in [-0.39, 0.29) is 0 Å². The molecule has 0 aliphatic carbocycles. The third kappa shape index (κ3) is 44.8. The molecule has 0 nitrogen and oxygen atoms in total. The highest BCUT2D eigenvalue weighted by atomic mass is 13.8. The van der Waals surface area contributed by atoms with E-state index >= 15 is 0 Å². The summed E-state index contributed by atoms with van der Waals surface area (Å²) in [7, 11) is 0. The molecule has 0 rings (SSSR count). The van der Waals surface area contributed by atoms with E-state index < -0.39 is 0 Å². The van der Waals surface area contributed by atoms with Crippen LogP contribution < -0.4 is 0 Å². The zero-order chi connectivity index (χ0) is 14.5. The van der Waals surface area contributed by atoms with Crippen LogP contribution in [0, 0.1) is 0 Å². The summed E-state index contributed by atoms with van der Waals surface area (Å²) in [5.74, 6) is 0. The average molecular weight is 257 g/mol. The van der Waals surface area contributed by atoms with Crippen LogP contribution in [0.3, 0.4) is 0 Å². The fraction of sp³-hybridized carbons (Fsp3) is 0.889. The number of rotatable bonds is 8. The highest BCUT2D eigenvalue weighted by Gasteiger charge is 1.75. The first-order valence-corrected chi connectivity index (χ1v) is 8.35. The minimum Gasteiger partial charge on any atom is -0.0917 e. The van der Waals surface area contributed by atoms with Gasteiger partial charge in [0.2, 0.25) is 0 Å². The van der Waals surface area contributed by atoms with Crippen LogP contribution in [0.5, 0.6) is 0 Å². The highest BCUT2D eigenvalue weighted by Crippen LogP contribution is 1.95. The van der Waals surface area contributed by atoms with E-state index in [0.717, 1.165) is 0 Å². The second kappa shape index (κ2) is 30.1. The quantitative estimate of drug-likeness (QED) is 0.311. The fourth-order valence-electron chi connectivity index (χ4n) is 1.33. The summed E-state index contributed by atoms with van der Waals surface area (Å²) in [6.45, 7) is 13.2. The van der Waals surface area contributed by atoms with Gasteiger partial charge < -0.3 is 0 Å². The first-order valence-electron chi connectivity index (χ1n) is 8.35. The van der Waals surface area contributed by atoms with Gasteiger partial charge >= 0.3 is 0 Å². The Morgan fingerprint density at radius 2 is 0.889 bits per heavy atom. The Balaban J connectivity index is -0.000000187. The van der Waals surface area contributed by atoms with E-state index in [4.69, 9.17) is 0 Å². The Morgan fingerprint density at radius 1 is 0.556 bits per heavy atom. The van der Waals surface area contributed by atoms with Crippen molar-refractivity contribution in [3.63, 3.8) is 0 Å². The van der Waals surface area contributed by atoms with Crippen molar-refractivity contribution < 1.29 is 0 Å². The van der Waals surface area contributed by atoms with Crippen molar-refractivity contribution in [2.75, 3.05) is 0 Å². The summed E-state index contributed by atoms with van der Waals surface area (Å²) in [5, 5.41) is 0. The molecule has 112 valence electrons. The monoisotopic (exact) mass is 256 g/mol. The minimum absolute atomic E-state index is 1.23. The maximum atomic E-state index is 2.23. The van der Waals surface area contributed by atoms with Gasteiger partial charge in [-0.05, 0) is 13.3 Å². The summed E-state index contributed by atoms with van der Waals surface area (Å²) < 4.78 is 0. The zero-order valence-electron chi connectivity index (χ0n) is 14.2. The molecule has 0 fully saturated rings. The Labute approximate surface area is 118 Å². The van der Waals surface area contributed by atoms with Gasteiger partial charge in [0.1, 0.15) is 0 Å². The van der Waals surface area contributed by atoms with Crippen molar-refractivity contribution >= 4 is 0 Å². The van der Waals surface area contributed by atoms with E-state index in [9.17, 15) is 0 Å². The maximum absolute atomic E-state index is 2.23. The number of unbranched alkanes of at least 4 members (excludes halogenated alkanes) is 7. The van der Waals surface area contributed by atoms with Crippen LogP contribution in [0.15, 0.2) is 12.2 Å². The smallest absolute Gasteiger partial charge is 0.0353 e. The lowest BCUT2D eigenvalue weighted by atomic mass is 10.2. The first kappa shape index (κ1) is 22.9. The molecule has 0 aromatic carbocycles. The highest BCUT2D eigenvalue weighted by molar-refractivity contribution is 4.75. The SMILES string of the molecule is C/C=C\CCC.CCCCCC.CCCCCC. The zero-order valence-corrected chi connectivity index (χ0v) is 14.2. The van der Waals surface area contributed by atoms with Gasteiger partial charge in [0.15, 0.2) is 0 Å². The van der Waals surface area contributed by atoms with E-state index in [1.165, 1.54) is 64.2 Å². The topological polar surface area (TPSA) is 0 Å². The largest absolute Gasteiger partial charge is 0.0917 e. The van der Waals surface area contributed by atoms with E-state index in [0.29, 0.717) is 0 Å². The second-order valence-corrected chi connectivity index (χ2v) is 4.77. The van der Waals surface area contributed by atoms with Crippen molar-refractivity contribution in [2.24, 2.45) is 0 Å². The molecular weight excluding hydrogens is 216 g/mol. The number of hydrogen-bond acceptors (Lipinski definition) is 0. The molecule has 0 saturated heterocycles. The molecular formula is C18H40. The lowest BCUT2D eigenvalue weighted by molar-refractivity contribution is 0.702. The average Bonchev–Trinajstić information content (AvgIpc) is 2.42. The third-order valence-electron chi connectivity index (χ3n) is 2.61. The van der Waals surface area contributed by atoms with Crippen molar-refractivity contribution in [1.82, 2.24) is 0 Å². The Kier molecular flexibility index (Phi) is 38.2. The van der Waals surface area contributed by atoms with Crippen LogP contribution in [-0.2, 0) is 0 Å². The van der Waals surface area contributed by atoms with Crippen LogP contribution in [0.1, 0.15) is 106 Å². The second-order valence-electron chi connectivity index (χ2n) is 4.77. The Morgan fingerprint density at radius 3 is 1.00 bits per heavy atom. The Bertz CT molecular complexity index is 97.2. The third-order valence-corrected chi connectivity index (χ3v) is 2.61. The first-order chi connectivity index (χ1) is 8.74. The van der Waals surface area contributed by atoms with Gasteiger partial charge in [-0.1, -0.05) is 105 Å². The molecule has 0 unspecified atom stereocenters. The molecule has 0 aromatic heterocycles. The van der Waals surface area contributed by atoms with Crippen LogP contribution in [0.25, 0.3) is 0 Å². The minimum atomic E-state index is 1.23. The predicted molar refractivity (Wildman–Crippen MR) is 89.4 cm³/mol. The van der Waals surface area contributed by atoms with Gasteiger partial charge in [-0.25, -0.2) is 0 Å². The summed E-state index contributed by atoms with van der Waals surface area (Å²) >= 11 is 0. The van der Waals surface area contributed by atoms with Gasteiger partial charge in [0.25, 0.3) is 0 Å². The van der Waals surface area contributed by atoms with Crippen LogP contribution >= 0.6 is 0 Å². The number of hydrogen-bond donors (Lipinski definition) is 0. The summed E-state index contributed by atoms with van der Waals surface area (Å²) in [6, 6.07) is 0. The number of allylic oxidation sites excluding steroid dienone is 2. The molecule has 0 aliphatic heterocycles. The molecule has 0 saturated carbocycles. The molecule has 0 bridgehead atoms. The molecule has 0 aliphatic rings. The van der Waals surface area contributed by atoms with Gasteiger partial charge in [-0.2, -0.15) is 0 Å². The molecule has 0 amide bonds. The maximum Gasteiger partial charge on any atom is -0.0353 e. The Hall–Kier alpha value is -0.260. The van der Waals surface area contributed by atoms with Crippen LogP contribution in [0.4, 0.5) is 0 Å². The van der Waals surface area contributed by atoms with E-state index in [1.54, 1.807) is 0 Å². The molecule has 18 heavy (non-hydrogen) atoms. The van der Waals surface area contributed by atoms with Gasteiger partial charge in [-0.15, -0.1) is 0 Å². The summed E-state index contributed by atoms with van der Waals surface area (Å²) in [6.07, 6.45) is 17.8. The molecule has 0 heterocycles.